The van der Waals surface area contributed by atoms with Crippen molar-refractivity contribution in [3.05, 3.63) is 65.0 Å². The molecular weight excluding hydrogens is 248 g/mol. The number of hydrogen-bond donors (Lipinski definition) is 0. The summed E-state index contributed by atoms with van der Waals surface area (Å²) in [7, 11) is 0. The molecule has 1 aromatic carbocycles. The average molecular weight is 268 g/mol. The molecule has 104 valence electrons. The molecule has 3 heteroatoms. The second-order valence-corrected chi connectivity index (χ2v) is 5.25. The second-order valence-electron chi connectivity index (χ2n) is 5.25. The highest BCUT2D eigenvalue weighted by Crippen LogP contribution is 2.17. The van der Waals surface area contributed by atoms with E-state index < -0.39 is 0 Å². The molecule has 0 aliphatic rings. The van der Waals surface area contributed by atoms with Crippen LogP contribution >= 0.6 is 0 Å². The van der Waals surface area contributed by atoms with Gasteiger partial charge in [0.15, 0.2) is 0 Å². The van der Waals surface area contributed by atoms with Crippen molar-refractivity contribution in [3.63, 3.8) is 0 Å². The van der Waals surface area contributed by atoms with Crippen molar-refractivity contribution in [3.8, 4) is 0 Å². The van der Waals surface area contributed by atoms with Crippen LogP contribution in [0.2, 0.25) is 0 Å². The summed E-state index contributed by atoms with van der Waals surface area (Å²) in [4.78, 5) is 12.4. The third-order valence-electron chi connectivity index (χ3n) is 3.35. The number of carbonyl (C=O) groups excluding carboxylic acids is 1. The van der Waals surface area contributed by atoms with Crippen molar-refractivity contribution >= 4 is 5.91 Å². The molecule has 0 saturated carbocycles. The quantitative estimate of drug-likeness (QED) is 0.795. The molecule has 20 heavy (non-hydrogen) atoms. The summed E-state index contributed by atoms with van der Waals surface area (Å²) < 4.78 is 1.53. The molecule has 1 aromatic heterocycles. The fourth-order valence-electron chi connectivity index (χ4n) is 2.32. The highest BCUT2D eigenvalue weighted by molar-refractivity contribution is 5.81. The van der Waals surface area contributed by atoms with Crippen LogP contribution in [0.4, 0.5) is 0 Å². The zero-order valence-corrected chi connectivity index (χ0v) is 12.3. The number of carbonyl (C=O) groups is 1. The zero-order chi connectivity index (χ0) is 14.7. The van der Waals surface area contributed by atoms with E-state index in [2.05, 4.69) is 11.7 Å². The summed E-state index contributed by atoms with van der Waals surface area (Å²) in [5.74, 6) is 0.00441. The third-order valence-corrected chi connectivity index (χ3v) is 3.35. The van der Waals surface area contributed by atoms with Crippen LogP contribution in [0.3, 0.4) is 0 Å². The summed E-state index contributed by atoms with van der Waals surface area (Å²) in [5, 5.41) is 4.39. The summed E-state index contributed by atoms with van der Waals surface area (Å²) in [5.41, 5.74) is 5.02. The molecule has 3 nitrogen and oxygen atoms in total. The molecular formula is C17H20N2O. The monoisotopic (exact) mass is 268 g/mol. The molecule has 0 radical (unpaired) electrons. The van der Waals surface area contributed by atoms with Crippen LogP contribution in [0.15, 0.2) is 42.5 Å². The normalized spacial score (nSPS) is 10.6. The summed E-state index contributed by atoms with van der Waals surface area (Å²) >= 11 is 0. The van der Waals surface area contributed by atoms with Crippen molar-refractivity contribution in [2.45, 2.75) is 33.6 Å². The summed E-state index contributed by atoms with van der Waals surface area (Å²) in [6.45, 7) is 9.81. The third kappa shape index (κ3) is 3.05. The SMILES string of the molecule is C=C(C)Cc1c(C)nn(C(=O)Cc2ccccc2)c1C. The van der Waals surface area contributed by atoms with E-state index in [-0.39, 0.29) is 5.91 Å². The van der Waals surface area contributed by atoms with E-state index in [0.29, 0.717) is 6.42 Å². The number of allylic oxidation sites excluding steroid dienone is 1. The molecule has 0 N–H and O–H groups in total. The van der Waals surface area contributed by atoms with Crippen LogP contribution < -0.4 is 0 Å². The molecule has 0 amide bonds. The lowest BCUT2D eigenvalue weighted by Crippen LogP contribution is -2.16. The highest BCUT2D eigenvalue weighted by atomic mass is 16.2. The van der Waals surface area contributed by atoms with Gasteiger partial charge in [0, 0.05) is 11.3 Å². The smallest absolute Gasteiger partial charge is 0.251 e. The Morgan fingerprint density at radius 3 is 2.45 bits per heavy atom. The van der Waals surface area contributed by atoms with Crippen molar-refractivity contribution in [1.82, 2.24) is 9.78 Å². The van der Waals surface area contributed by atoms with Gasteiger partial charge in [-0.15, -0.1) is 0 Å². The average Bonchev–Trinajstić information content (AvgIpc) is 2.67. The molecule has 0 aliphatic carbocycles. The molecule has 2 aromatic rings. The lowest BCUT2D eigenvalue weighted by atomic mass is 10.1. The van der Waals surface area contributed by atoms with Gasteiger partial charge >= 0.3 is 0 Å². The Labute approximate surface area is 119 Å². The molecule has 0 aliphatic heterocycles. The molecule has 0 bridgehead atoms. The highest BCUT2D eigenvalue weighted by Gasteiger charge is 2.16. The predicted molar refractivity (Wildman–Crippen MR) is 81.0 cm³/mol. The minimum absolute atomic E-state index is 0.00441. The Morgan fingerprint density at radius 1 is 1.20 bits per heavy atom. The Bertz CT molecular complexity index is 639. The maximum atomic E-state index is 12.4. The largest absolute Gasteiger partial charge is 0.272 e. The van der Waals surface area contributed by atoms with Crippen LogP contribution in [-0.4, -0.2) is 15.7 Å². The van der Waals surface area contributed by atoms with Crippen LogP contribution in [0, 0.1) is 13.8 Å². The Morgan fingerprint density at radius 2 is 1.85 bits per heavy atom. The Kier molecular flexibility index (Phi) is 4.18. The molecule has 0 unspecified atom stereocenters. The lowest BCUT2D eigenvalue weighted by Gasteiger charge is -2.05. The van der Waals surface area contributed by atoms with E-state index in [9.17, 15) is 4.79 Å². The van der Waals surface area contributed by atoms with Gasteiger partial charge in [-0.1, -0.05) is 42.5 Å². The molecule has 0 fully saturated rings. The Balaban J connectivity index is 2.25. The van der Waals surface area contributed by atoms with Crippen molar-refractivity contribution in [2.24, 2.45) is 0 Å². The van der Waals surface area contributed by atoms with E-state index in [1.54, 1.807) is 0 Å². The van der Waals surface area contributed by atoms with E-state index in [1.165, 1.54) is 4.68 Å². The van der Waals surface area contributed by atoms with Crippen LogP contribution in [-0.2, 0) is 12.8 Å². The lowest BCUT2D eigenvalue weighted by molar-refractivity contribution is 0.0895. The zero-order valence-electron chi connectivity index (χ0n) is 12.3. The summed E-state index contributed by atoms with van der Waals surface area (Å²) in [6, 6.07) is 9.74. The van der Waals surface area contributed by atoms with Crippen LogP contribution in [0.25, 0.3) is 0 Å². The first-order valence-corrected chi connectivity index (χ1v) is 6.75. The molecule has 1 heterocycles. The van der Waals surface area contributed by atoms with Gasteiger partial charge in [-0.25, -0.2) is 4.68 Å². The van der Waals surface area contributed by atoms with E-state index >= 15 is 0 Å². The van der Waals surface area contributed by atoms with Crippen LogP contribution in [0.5, 0.6) is 0 Å². The van der Waals surface area contributed by atoms with Crippen molar-refractivity contribution < 1.29 is 4.79 Å². The van der Waals surface area contributed by atoms with Gasteiger partial charge in [0.1, 0.15) is 0 Å². The van der Waals surface area contributed by atoms with E-state index in [0.717, 1.165) is 34.5 Å². The first-order valence-electron chi connectivity index (χ1n) is 6.75. The van der Waals surface area contributed by atoms with Gasteiger partial charge in [0.25, 0.3) is 5.91 Å². The van der Waals surface area contributed by atoms with Crippen LogP contribution in [0.1, 0.15) is 34.2 Å². The number of aromatic nitrogens is 2. The second kappa shape index (κ2) is 5.87. The molecule has 0 atom stereocenters. The maximum absolute atomic E-state index is 12.4. The van der Waals surface area contributed by atoms with Gasteiger partial charge in [0.2, 0.25) is 0 Å². The minimum Gasteiger partial charge on any atom is -0.272 e. The van der Waals surface area contributed by atoms with E-state index in [4.69, 9.17) is 0 Å². The standard InChI is InChI=1S/C17H20N2O/c1-12(2)10-16-13(3)18-19(14(16)4)17(20)11-15-8-6-5-7-9-15/h5-9H,1,10-11H2,2-4H3. The topological polar surface area (TPSA) is 34.9 Å². The van der Waals surface area contributed by atoms with Crippen molar-refractivity contribution in [1.29, 1.82) is 0 Å². The molecule has 2 rings (SSSR count). The molecule has 0 saturated heterocycles. The number of nitrogens with zero attached hydrogens (tertiary/aromatic N) is 2. The number of benzene rings is 1. The van der Waals surface area contributed by atoms with Gasteiger partial charge < -0.3 is 0 Å². The summed E-state index contributed by atoms with van der Waals surface area (Å²) in [6.07, 6.45) is 1.14. The fourth-order valence-corrected chi connectivity index (χ4v) is 2.32. The van der Waals surface area contributed by atoms with Gasteiger partial charge in [-0.2, -0.15) is 5.10 Å². The number of aryl methyl sites for hydroxylation is 1. The van der Waals surface area contributed by atoms with Crippen molar-refractivity contribution in [2.75, 3.05) is 0 Å². The van der Waals surface area contributed by atoms with Gasteiger partial charge in [-0.05, 0) is 32.8 Å². The maximum Gasteiger partial charge on any atom is 0.251 e. The minimum atomic E-state index is 0.00441. The fraction of sp³-hybridized carbons (Fsp3) is 0.294. The number of hydrogen-bond acceptors (Lipinski definition) is 2. The van der Waals surface area contributed by atoms with E-state index in [1.807, 2.05) is 51.1 Å². The Hall–Kier alpha value is -2.16. The first kappa shape index (κ1) is 14.3. The first-order chi connectivity index (χ1) is 9.49. The van der Waals surface area contributed by atoms with Gasteiger partial charge in [0.05, 0.1) is 12.1 Å². The predicted octanol–water partition coefficient (Wildman–Crippen LogP) is 3.50. The molecule has 0 spiro atoms. The van der Waals surface area contributed by atoms with Gasteiger partial charge in [-0.3, -0.25) is 4.79 Å². The number of rotatable bonds is 4.